The fourth-order valence-electron chi connectivity index (χ4n) is 2.13. The molecule has 0 aliphatic carbocycles. The third-order valence-corrected chi connectivity index (χ3v) is 4.47. The van der Waals surface area contributed by atoms with E-state index in [9.17, 15) is 0 Å². The van der Waals surface area contributed by atoms with E-state index in [1.54, 1.807) is 0 Å². The van der Waals surface area contributed by atoms with E-state index in [-0.39, 0.29) is 0 Å². The summed E-state index contributed by atoms with van der Waals surface area (Å²) in [4.78, 5) is 1.14. The molecule has 4 heteroatoms. The summed E-state index contributed by atoms with van der Waals surface area (Å²) in [6.45, 7) is 1.18. The maximum atomic E-state index is 5.92. The summed E-state index contributed by atoms with van der Waals surface area (Å²) < 4.78 is 0. The monoisotopic (exact) mass is 270 g/mol. The number of anilines is 1. The first kappa shape index (κ1) is 13.1. The predicted octanol–water partition coefficient (Wildman–Crippen LogP) is 3.55. The topological polar surface area (TPSA) is 38.0 Å². The fraction of sp³-hybridized carbons (Fsp3) is 0.538. The molecule has 1 fully saturated rings. The maximum absolute atomic E-state index is 5.92. The highest BCUT2D eigenvalue weighted by Crippen LogP contribution is 2.28. The zero-order valence-electron chi connectivity index (χ0n) is 9.92. The van der Waals surface area contributed by atoms with Crippen LogP contribution in [0.1, 0.15) is 25.7 Å². The summed E-state index contributed by atoms with van der Waals surface area (Å²) in [5.74, 6) is 1.11. The van der Waals surface area contributed by atoms with Crippen molar-refractivity contribution in [1.82, 2.24) is 5.32 Å². The highest BCUT2D eigenvalue weighted by Gasteiger charge is 2.12. The zero-order valence-corrected chi connectivity index (χ0v) is 11.5. The van der Waals surface area contributed by atoms with Crippen LogP contribution in [0.2, 0.25) is 5.02 Å². The minimum Gasteiger partial charge on any atom is -0.398 e. The molecule has 0 saturated carbocycles. The van der Waals surface area contributed by atoms with E-state index in [2.05, 4.69) is 5.32 Å². The Bertz CT molecular complexity index is 364. The second-order valence-electron chi connectivity index (χ2n) is 4.47. The van der Waals surface area contributed by atoms with Gasteiger partial charge in [0.2, 0.25) is 0 Å². The largest absolute Gasteiger partial charge is 0.398 e. The van der Waals surface area contributed by atoms with Crippen LogP contribution in [-0.2, 0) is 0 Å². The van der Waals surface area contributed by atoms with Crippen LogP contribution in [0.15, 0.2) is 23.1 Å². The van der Waals surface area contributed by atoms with Crippen molar-refractivity contribution in [1.29, 1.82) is 0 Å². The van der Waals surface area contributed by atoms with Gasteiger partial charge in [0.25, 0.3) is 0 Å². The van der Waals surface area contributed by atoms with Crippen molar-refractivity contribution in [2.75, 3.05) is 18.0 Å². The number of nitrogen functional groups attached to an aromatic ring is 1. The van der Waals surface area contributed by atoms with E-state index < -0.39 is 0 Å². The lowest BCUT2D eigenvalue weighted by Crippen LogP contribution is -2.34. The first-order chi connectivity index (χ1) is 8.25. The molecule has 1 aromatic rings. The van der Waals surface area contributed by atoms with Gasteiger partial charge < -0.3 is 11.1 Å². The molecule has 1 aromatic carbocycles. The summed E-state index contributed by atoms with van der Waals surface area (Å²) in [7, 11) is 0. The Hall–Kier alpha value is -0.380. The Kier molecular flexibility index (Phi) is 5.01. The van der Waals surface area contributed by atoms with Crippen LogP contribution < -0.4 is 11.1 Å². The maximum Gasteiger partial charge on any atom is 0.0467 e. The number of halogens is 1. The molecule has 2 rings (SSSR count). The highest BCUT2D eigenvalue weighted by atomic mass is 35.5. The number of nitrogens with one attached hydrogen (secondary N) is 1. The third-order valence-electron chi connectivity index (χ3n) is 3.11. The van der Waals surface area contributed by atoms with Crippen LogP contribution in [0.4, 0.5) is 5.69 Å². The molecule has 0 spiro atoms. The summed E-state index contributed by atoms with van der Waals surface area (Å²) in [6.07, 6.45) is 5.22. The van der Waals surface area contributed by atoms with Crippen LogP contribution in [0.25, 0.3) is 0 Å². The molecule has 1 saturated heterocycles. The van der Waals surface area contributed by atoms with Gasteiger partial charge >= 0.3 is 0 Å². The van der Waals surface area contributed by atoms with E-state index >= 15 is 0 Å². The van der Waals surface area contributed by atoms with Crippen molar-refractivity contribution in [3.8, 4) is 0 Å². The summed E-state index contributed by atoms with van der Waals surface area (Å²) in [5, 5.41) is 4.27. The second-order valence-corrected chi connectivity index (χ2v) is 6.04. The van der Waals surface area contributed by atoms with E-state index in [1.165, 1.54) is 32.2 Å². The van der Waals surface area contributed by atoms with Crippen molar-refractivity contribution in [3.63, 3.8) is 0 Å². The van der Waals surface area contributed by atoms with Crippen LogP contribution in [0.5, 0.6) is 0 Å². The third kappa shape index (κ3) is 4.09. The molecule has 2 nitrogen and oxygen atoms in total. The number of thioether (sulfide) groups is 1. The van der Waals surface area contributed by atoms with Crippen LogP contribution >= 0.6 is 23.4 Å². The molecule has 1 atom stereocenters. The number of nitrogens with two attached hydrogens (primary N) is 1. The van der Waals surface area contributed by atoms with E-state index in [0.717, 1.165) is 16.3 Å². The number of benzene rings is 1. The molecule has 0 radical (unpaired) electrons. The van der Waals surface area contributed by atoms with Gasteiger partial charge in [-0.05, 0) is 49.8 Å². The molecule has 1 aliphatic rings. The molecular weight excluding hydrogens is 252 g/mol. The molecule has 0 amide bonds. The van der Waals surface area contributed by atoms with E-state index in [1.807, 2.05) is 30.0 Å². The van der Waals surface area contributed by atoms with Gasteiger partial charge in [-0.15, -0.1) is 11.8 Å². The lowest BCUT2D eigenvalue weighted by atomic mass is 10.0. The zero-order chi connectivity index (χ0) is 12.1. The molecule has 0 bridgehead atoms. The smallest absolute Gasteiger partial charge is 0.0467 e. The van der Waals surface area contributed by atoms with E-state index in [0.29, 0.717) is 11.1 Å². The number of hydrogen-bond donors (Lipinski definition) is 2. The average molecular weight is 271 g/mol. The molecule has 0 aromatic heterocycles. The Morgan fingerprint density at radius 3 is 3.00 bits per heavy atom. The lowest BCUT2D eigenvalue weighted by molar-refractivity contribution is 0.395. The number of piperidine rings is 1. The van der Waals surface area contributed by atoms with Gasteiger partial charge in [-0.2, -0.15) is 0 Å². The molecule has 1 heterocycles. The van der Waals surface area contributed by atoms with Crippen molar-refractivity contribution in [2.45, 2.75) is 36.6 Å². The van der Waals surface area contributed by atoms with Crippen LogP contribution in [0, 0.1) is 0 Å². The predicted molar refractivity (Wildman–Crippen MR) is 76.8 cm³/mol. The Morgan fingerprint density at radius 1 is 1.41 bits per heavy atom. The van der Waals surface area contributed by atoms with Crippen molar-refractivity contribution in [2.24, 2.45) is 0 Å². The molecule has 3 N–H and O–H groups in total. The number of rotatable bonds is 4. The van der Waals surface area contributed by atoms with E-state index in [4.69, 9.17) is 17.3 Å². The fourth-order valence-corrected chi connectivity index (χ4v) is 3.32. The van der Waals surface area contributed by atoms with Gasteiger partial charge in [0.15, 0.2) is 0 Å². The van der Waals surface area contributed by atoms with Crippen LogP contribution in [-0.4, -0.2) is 18.3 Å². The average Bonchev–Trinajstić information content (AvgIpc) is 2.33. The van der Waals surface area contributed by atoms with Gasteiger partial charge in [0.05, 0.1) is 0 Å². The normalized spacial score (nSPS) is 20.4. The van der Waals surface area contributed by atoms with Gasteiger partial charge in [0.1, 0.15) is 0 Å². The van der Waals surface area contributed by atoms with Gasteiger partial charge in [-0.3, -0.25) is 0 Å². The van der Waals surface area contributed by atoms with Gasteiger partial charge in [-0.25, -0.2) is 0 Å². The quantitative estimate of drug-likeness (QED) is 0.649. The molecule has 94 valence electrons. The molecular formula is C13H19ClN2S. The Labute approximate surface area is 112 Å². The standard InChI is InChI=1S/C13H19ClN2S/c14-10-4-5-13(12(15)9-10)17-8-6-11-3-1-2-7-16-11/h4-5,9,11,16H,1-3,6-8,15H2. The summed E-state index contributed by atoms with van der Waals surface area (Å²) >= 11 is 7.70. The molecule has 1 unspecified atom stereocenters. The van der Waals surface area contributed by atoms with Crippen molar-refractivity contribution in [3.05, 3.63) is 23.2 Å². The summed E-state index contributed by atoms with van der Waals surface area (Å²) in [5.41, 5.74) is 6.71. The van der Waals surface area contributed by atoms with Gasteiger partial charge in [-0.1, -0.05) is 18.0 Å². The lowest BCUT2D eigenvalue weighted by Gasteiger charge is -2.23. The Morgan fingerprint density at radius 2 is 2.29 bits per heavy atom. The van der Waals surface area contributed by atoms with Gasteiger partial charge in [0, 0.05) is 21.6 Å². The van der Waals surface area contributed by atoms with Crippen LogP contribution in [0.3, 0.4) is 0 Å². The minimum absolute atomic E-state index is 0.699. The molecule has 17 heavy (non-hydrogen) atoms. The van der Waals surface area contributed by atoms with Crippen molar-refractivity contribution >= 4 is 29.1 Å². The highest BCUT2D eigenvalue weighted by molar-refractivity contribution is 7.99. The first-order valence-corrected chi connectivity index (χ1v) is 7.53. The van der Waals surface area contributed by atoms with Crippen molar-refractivity contribution < 1.29 is 0 Å². The second kappa shape index (κ2) is 6.53. The summed E-state index contributed by atoms with van der Waals surface area (Å²) in [6, 6.07) is 6.43. The molecule has 1 aliphatic heterocycles. The minimum atomic E-state index is 0.699. The first-order valence-electron chi connectivity index (χ1n) is 6.17. The number of hydrogen-bond acceptors (Lipinski definition) is 3. The Balaban J connectivity index is 1.77. The SMILES string of the molecule is Nc1cc(Cl)ccc1SCCC1CCCCN1.